The second kappa shape index (κ2) is 10.4. The topological polar surface area (TPSA) is 206 Å². The fraction of sp³-hybridized carbons (Fsp3) is 0.517. The van der Waals surface area contributed by atoms with Gasteiger partial charge < -0.3 is 41.7 Å². The Morgan fingerprint density at radius 2 is 1.74 bits per heavy atom. The average molecular weight is 586 g/mol. The number of nitrogens with zero attached hydrogens (tertiary/aromatic N) is 2. The molecule has 13 nitrogen and oxygen atoms in total. The van der Waals surface area contributed by atoms with Crippen molar-refractivity contribution in [3.63, 3.8) is 0 Å². The molecule has 0 radical (unpaired) electrons. The Hall–Kier alpha value is -3.94. The molecule has 228 valence electrons. The van der Waals surface area contributed by atoms with Gasteiger partial charge in [-0.25, -0.2) is 0 Å². The van der Waals surface area contributed by atoms with Gasteiger partial charge in [0.25, 0.3) is 5.91 Å². The Morgan fingerprint density at radius 3 is 2.26 bits per heavy atom. The molecule has 0 aliphatic heterocycles. The minimum absolute atomic E-state index is 0.00158. The van der Waals surface area contributed by atoms with Crippen LogP contribution < -0.4 is 21.3 Å². The van der Waals surface area contributed by atoms with Crippen LogP contribution in [0.1, 0.15) is 38.3 Å². The van der Waals surface area contributed by atoms with Crippen molar-refractivity contribution in [2.24, 2.45) is 17.6 Å². The summed E-state index contributed by atoms with van der Waals surface area (Å²) in [4.78, 5) is 55.3. The van der Waals surface area contributed by atoms with Crippen LogP contribution in [0.5, 0.6) is 5.75 Å². The SMILES string of the molecule is CN(C)c1cc(NC(=O)CNC(C)(C)C)c(O)c2c1C[C@@H]1C[C@H]3[C@H](N(C)C)C(=O)C(C(N)=O)=C(O)[C@]3(O)C(=O)C1=C2O. The molecule has 2 amide bonds. The van der Waals surface area contributed by atoms with Gasteiger partial charge in [-0.05, 0) is 65.3 Å². The highest BCUT2D eigenvalue weighted by Crippen LogP contribution is 2.54. The zero-order chi connectivity index (χ0) is 31.6. The number of aliphatic hydroxyl groups excluding tert-OH is 2. The molecule has 8 N–H and O–H groups in total. The Labute approximate surface area is 243 Å². The van der Waals surface area contributed by atoms with Crippen molar-refractivity contribution in [1.29, 1.82) is 0 Å². The van der Waals surface area contributed by atoms with E-state index in [2.05, 4.69) is 10.6 Å². The summed E-state index contributed by atoms with van der Waals surface area (Å²) >= 11 is 0. The second-order valence-corrected chi connectivity index (χ2v) is 12.7. The number of nitrogens with two attached hydrogens (primary N) is 1. The molecule has 0 saturated heterocycles. The molecule has 42 heavy (non-hydrogen) atoms. The number of hydrogen-bond donors (Lipinski definition) is 7. The van der Waals surface area contributed by atoms with Gasteiger partial charge in [0.2, 0.25) is 11.7 Å². The zero-order valence-corrected chi connectivity index (χ0v) is 24.8. The van der Waals surface area contributed by atoms with E-state index in [0.717, 1.165) is 0 Å². The number of Topliss-reactive ketones (excluding diaryl/α,β-unsaturated/α-hetero) is 2. The molecule has 0 spiro atoms. The van der Waals surface area contributed by atoms with E-state index < -0.39 is 69.7 Å². The number of aromatic hydroxyl groups is 1. The van der Waals surface area contributed by atoms with Gasteiger partial charge in [-0.2, -0.15) is 0 Å². The Kier molecular flexibility index (Phi) is 7.68. The highest BCUT2D eigenvalue weighted by Gasteiger charge is 2.64. The molecule has 1 fully saturated rings. The number of phenols is 1. The number of phenolic OH excluding ortho intramolecular Hbond substituents is 1. The number of anilines is 2. The van der Waals surface area contributed by atoms with Gasteiger partial charge in [0.15, 0.2) is 11.4 Å². The lowest BCUT2D eigenvalue weighted by atomic mass is 9.57. The van der Waals surface area contributed by atoms with Crippen LogP contribution in [-0.4, -0.2) is 101 Å². The van der Waals surface area contributed by atoms with Gasteiger partial charge in [-0.1, -0.05) is 0 Å². The maximum absolute atomic E-state index is 14.0. The first-order chi connectivity index (χ1) is 19.3. The van der Waals surface area contributed by atoms with E-state index in [9.17, 15) is 39.6 Å². The third-order valence-corrected chi connectivity index (χ3v) is 8.23. The summed E-state index contributed by atoms with van der Waals surface area (Å²) in [5.74, 6) is -7.79. The number of nitrogens with one attached hydrogen (secondary N) is 2. The highest BCUT2D eigenvalue weighted by atomic mass is 16.3. The van der Waals surface area contributed by atoms with Crippen molar-refractivity contribution in [1.82, 2.24) is 10.2 Å². The molecule has 0 unspecified atom stereocenters. The monoisotopic (exact) mass is 585 g/mol. The average Bonchev–Trinajstić information content (AvgIpc) is 2.85. The number of fused-ring (bicyclic) bond motifs is 3. The first kappa shape index (κ1) is 31.0. The van der Waals surface area contributed by atoms with Crippen LogP contribution in [0.25, 0.3) is 5.76 Å². The predicted molar refractivity (Wildman–Crippen MR) is 155 cm³/mol. The normalized spacial score (nSPS) is 25.7. The molecule has 0 aromatic heterocycles. The van der Waals surface area contributed by atoms with Gasteiger partial charge in [-0.3, -0.25) is 24.1 Å². The Bertz CT molecular complexity index is 1450. The maximum Gasteiger partial charge on any atom is 0.255 e. The molecule has 3 aliphatic carbocycles. The lowest BCUT2D eigenvalue weighted by Crippen LogP contribution is -2.65. The van der Waals surface area contributed by atoms with Crippen molar-refractivity contribution in [3.8, 4) is 5.75 Å². The summed E-state index contributed by atoms with van der Waals surface area (Å²) in [6.07, 6.45) is 0.117. The Balaban J connectivity index is 1.89. The minimum Gasteiger partial charge on any atom is -0.508 e. The first-order valence-corrected chi connectivity index (χ1v) is 13.6. The van der Waals surface area contributed by atoms with Crippen molar-refractivity contribution in [2.45, 2.75) is 50.8 Å². The molecule has 13 heteroatoms. The van der Waals surface area contributed by atoms with Crippen LogP contribution in [0.15, 0.2) is 23.0 Å². The van der Waals surface area contributed by atoms with E-state index >= 15 is 0 Å². The third-order valence-electron chi connectivity index (χ3n) is 8.23. The fourth-order valence-electron chi connectivity index (χ4n) is 6.33. The standard InChI is InChI=1S/C29H39N5O8/c1-28(2,3)31-11-17(35)32-15-10-16(33(4)5)13-8-12-9-14-21(34(6)7)24(38)20(27(30)41)26(40)29(14,42)25(39)18(12)23(37)19(13)22(15)36/h10,12,14,21,31,36-37,40,42H,8-9,11H2,1-7H3,(H2,30,41)(H,32,35)/t12-,14+,21+,29-/m1/s1. The molecular weight excluding hydrogens is 546 g/mol. The number of hydrogen-bond acceptors (Lipinski definition) is 11. The molecule has 0 heterocycles. The number of likely N-dealkylation sites (N-methyl/N-ethyl adjacent to an activating group) is 1. The van der Waals surface area contributed by atoms with E-state index in [1.165, 1.54) is 4.90 Å². The summed E-state index contributed by atoms with van der Waals surface area (Å²) in [6, 6.07) is 0.409. The summed E-state index contributed by atoms with van der Waals surface area (Å²) in [7, 11) is 6.58. The molecule has 4 rings (SSSR count). The molecule has 0 bridgehead atoms. The summed E-state index contributed by atoms with van der Waals surface area (Å²) < 4.78 is 0. The summed E-state index contributed by atoms with van der Waals surface area (Å²) in [5.41, 5.74) is 2.11. The minimum atomic E-state index is -2.73. The largest absolute Gasteiger partial charge is 0.508 e. The van der Waals surface area contributed by atoms with Gasteiger partial charge >= 0.3 is 0 Å². The number of carbonyl (C=O) groups is 4. The van der Waals surface area contributed by atoms with Crippen molar-refractivity contribution < 1.29 is 39.6 Å². The van der Waals surface area contributed by atoms with Crippen molar-refractivity contribution in [2.75, 3.05) is 45.0 Å². The smallest absolute Gasteiger partial charge is 0.255 e. The van der Waals surface area contributed by atoms with Gasteiger partial charge in [0, 0.05) is 36.8 Å². The highest BCUT2D eigenvalue weighted by molar-refractivity contribution is 6.24. The molecular formula is C29H39N5O8. The lowest BCUT2D eigenvalue weighted by Gasteiger charge is -2.50. The van der Waals surface area contributed by atoms with Crippen LogP contribution in [0.2, 0.25) is 0 Å². The molecule has 1 aromatic carbocycles. The second-order valence-electron chi connectivity index (χ2n) is 12.7. The Morgan fingerprint density at radius 1 is 1.12 bits per heavy atom. The number of primary amides is 1. The fourth-order valence-corrected chi connectivity index (χ4v) is 6.33. The van der Waals surface area contributed by atoms with E-state index in [1.807, 2.05) is 20.8 Å². The van der Waals surface area contributed by atoms with Crippen LogP contribution in [0.4, 0.5) is 11.4 Å². The van der Waals surface area contributed by atoms with Crippen molar-refractivity contribution in [3.05, 3.63) is 34.1 Å². The van der Waals surface area contributed by atoms with Gasteiger partial charge in [0.1, 0.15) is 22.8 Å². The van der Waals surface area contributed by atoms with E-state index in [0.29, 0.717) is 11.3 Å². The van der Waals surface area contributed by atoms with Crippen molar-refractivity contribution >= 4 is 40.5 Å². The van der Waals surface area contributed by atoms with E-state index in [4.69, 9.17) is 5.73 Å². The summed E-state index contributed by atoms with van der Waals surface area (Å²) in [6.45, 7) is 5.62. The third kappa shape index (κ3) is 4.80. The number of benzene rings is 1. The zero-order valence-electron chi connectivity index (χ0n) is 24.8. The lowest BCUT2D eigenvalue weighted by molar-refractivity contribution is -0.153. The molecule has 4 atom stereocenters. The number of rotatable bonds is 6. The maximum atomic E-state index is 14.0. The van der Waals surface area contributed by atoms with E-state index in [-0.39, 0.29) is 41.7 Å². The number of ketones is 2. The predicted octanol–water partition coefficient (Wildman–Crippen LogP) is 0.357. The van der Waals surface area contributed by atoms with Crippen LogP contribution in [0, 0.1) is 11.8 Å². The van der Waals surface area contributed by atoms with Crippen LogP contribution >= 0.6 is 0 Å². The number of aliphatic hydroxyl groups is 3. The van der Waals surface area contributed by atoms with Crippen LogP contribution in [0.3, 0.4) is 0 Å². The quantitative estimate of drug-likeness (QED) is 0.179. The van der Waals surface area contributed by atoms with Gasteiger partial charge in [0.05, 0.1) is 23.8 Å². The van der Waals surface area contributed by atoms with Crippen LogP contribution in [-0.2, 0) is 25.6 Å². The number of carbonyl (C=O) groups excluding carboxylic acids is 4. The molecule has 3 aliphatic rings. The first-order valence-electron chi connectivity index (χ1n) is 13.6. The number of amides is 2. The molecule has 1 aromatic rings. The summed E-state index contributed by atoms with van der Waals surface area (Å²) in [5, 5.41) is 51.3. The van der Waals surface area contributed by atoms with Gasteiger partial charge in [-0.15, -0.1) is 0 Å². The van der Waals surface area contributed by atoms with E-state index in [1.54, 1.807) is 39.2 Å². The molecule has 1 saturated carbocycles.